The quantitative estimate of drug-likeness (QED) is 0.215. The van der Waals surface area contributed by atoms with Gasteiger partial charge in [0.2, 0.25) is 0 Å². The Morgan fingerprint density at radius 2 is 0.643 bits per heavy atom. The molecule has 0 aromatic rings. The molecule has 6 bridgehead atoms. The van der Waals surface area contributed by atoms with Crippen molar-refractivity contribution in [3.8, 4) is 0 Å². The molecule has 16 nitrogen and oxygen atoms in total. The molecule has 0 saturated carbocycles. The van der Waals surface area contributed by atoms with E-state index in [0.717, 1.165) is 0 Å². The standard InChI is InChI=1S/2C4H4O6.2K.4H2O.2Sb/c2*5-1(3(7)8)2(6)4(9)10;;;;;;;;/h2*1-2H,(H,7,8)(H,9,10);;;4*1H2;;/q2*-2;2*+1;;;;;2*+3/p-4. The summed E-state index contributed by atoms with van der Waals surface area (Å²) in [7, 11) is 0. The van der Waals surface area contributed by atoms with Crippen molar-refractivity contribution in [1.29, 1.82) is 0 Å². The van der Waals surface area contributed by atoms with Crippen molar-refractivity contribution < 1.29 is 168 Å². The van der Waals surface area contributed by atoms with Crippen LogP contribution < -0.4 is 103 Å². The number of hydrogen-bond acceptors (Lipinski definition) is 12. The Morgan fingerprint density at radius 1 is 0.464 bits per heavy atom. The molecule has 5 aliphatic heterocycles. The molecule has 0 aromatic carbocycles. The second-order valence-electron chi connectivity index (χ2n) is 4.64. The smallest absolute Gasteiger partial charge is 1.00 e. The van der Waals surface area contributed by atoms with Crippen molar-refractivity contribution in [1.82, 2.24) is 0 Å². The summed E-state index contributed by atoms with van der Waals surface area (Å²) in [5.41, 5.74) is 0. The van der Waals surface area contributed by atoms with Crippen molar-refractivity contribution in [3.63, 3.8) is 0 Å². The predicted molar refractivity (Wildman–Crippen MR) is 69.8 cm³/mol. The average Bonchev–Trinajstić information content (AvgIpc) is 3.09. The molecule has 5 saturated heterocycles. The summed E-state index contributed by atoms with van der Waals surface area (Å²) in [6, 6.07) is 0. The molecule has 8 N–H and O–H groups in total. The third kappa shape index (κ3) is 4.86. The Morgan fingerprint density at radius 3 is 0.821 bits per heavy atom. The molecule has 0 amide bonds. The number of rotatable bonds is 0. The van der Waals surface area contributed by atoms with Crippen molar-refractivity contribution in [2.75, 3.05) is 0 Å². The maximum atomic E-state index is 11.9. The number of fused-ring (bicyclic) bond motifs is 6. The van der Waals surface area contributed by atoms with Crippen LogP contribution in [0.15, 0.2) is 0 Å². The van der Waals surface area contributed by atoms with E-state index >= 15 is 0 Å². The van der Waals surface area contributed by atoms with Crippen molar-refractivity contribution >= 4 is 64.8 Å². The minimum atomic E-state index is -4.87. The molecule has 152 valence electrons. The molecule has 28 heavy (non-hydrogen) atoms. The van der Waals surface area contributed by atoms with Crippen molar-refractivity contribution in [2.24, 2.45) is 0 Å². The van der Waals surface area contributed by atoms with Gasteiger partial charge in [0.15, 0.2) is 0 Å². The minimum Gasteiger partial charge on any atom is 1.00 e. The van der Waals surface area contributed by atoms with Gasteiger partial charge < -0.3 is 21.9 Å². The van der Waals surface area contributed by atoms with Crippen LogP contribution in [0.25, 0.3) is 0 Å². The van der Waals surface area contributed by atoms with E-state index in [1.165, 1.54) is 0 Å². The molecule has 4 unspecified atom stereocenters. The fourth-order valence-corrected chi connectivity index (χ4v) is 13.0. The molecule has 5 heterocycles. The second-order valence-corrected chi connectivity index (χ2v) is 14.2. The number of carbonyl (C=O) groups excluding carboxylic acids is 4. The maximum Gasteiger partial charge on any atom is 1.00 e. The molecule has 20 heteroatoms. The third-order valence-corrected chi connectivity index (χ3v) is 13.4. The van der Waals surface area contributed by atoms with Crippen LogP contribution in [0.4, 0.5) is 0 Å². The monoisotopic (exact) mass is 684 g/mol. The summed E-state index contributed by atoms with van der Waals surface area (Å²) < 4.78 is 41.0. The molecule has 0 radical (unpaired) electrons. The Kier molecular flexibility index (Phi) is 12.9. The van der Waals surface area contributed by atoms with Gasteiger partial charge in [0.1, 0.15) is 0 Å². The van der Waals surface area contributed by atoms with E-state index in [9.17, 15) is 19.2 Å². The van der Waals surface area contributed by atoms with Gasteiger partial charge in [-0.1, -0.05) is 0 Å². The number of hydrogen-bond donors (Lipinski definition) is 0. The van der Waals surface area contributed by atoms with E-state index in [1.807, 2.05) is 0 Å². The summed E-state index contributed by atoms with van der Waals surface area (Å²) in [5, 5.41) is 0. The second kappa shape index (κ2) is 11.1. The van der Waals surface area contributed by atoms with Crippen LogP contribution in [0.5, 0.6) is 0 Å². The van der Waals surface area contributed by atoms with E-state index in [-0.39, 0.29) is 125 Å². The van der Waals surface area contributed by atoms with Crippen LogP contribution in [0.1, 0.15) is 0 Å². The summed E-state index contributed by atoms with van der Waals surface area (Å²) in [6.07, 6.45) is -6.06. The molecule has 0 aromatic heterocycles. The maximum absolute atomic E-state index is 11.9. The first kappa shape index (κ1) is 32.6. The summed E-state index contributed by atoms with van der Waals surface area (Å²) in [4.78, 5) is 47.6. The van der Waals surface area contributed by atoms with Crippen LogP contribution >= 0.6 is 0 Å². The first-order valence-electron chi connectivity index (χ1n) is 5.86. The minimum absolute atomic E-state index is 0. The van der Waals surface area contributed by atoms with Crippen molar-refractivity contribution in [3.05, 3.63) is 0 Å². The van der Waals surface area contributed by atoms with Crippen LogP contribution in [-0.4, -0.2) is 111 Å². The fourth-order valence-electron chi connectivity index (χ4n) is 2.35. The Hall–Kier alpha value is 2.47. The Labute approximate surface area is 252 Å². The van der Waals surface area contributed by atoms with Crippen LogP contribution in [-0.2, 0) is 43.3 Å². The van der Waals surface area contributed by atoms with E-state index in [0.29, 0.717) is 0 Å². The summed E-state index contributed by atoms with van der Waals surface area (Å²) >= 11 is -9.74. The van der Waals surface area contributed by atoms with E-state index in [1.54, 1.807) is 0 Å². The average molecular weight is 686 g/mol. The van der Waals surface area contributed by atoms with Gasteiger partial charge in [-0.25, -0.2) is 0 Å². The van der Waals surface area contributed by atoms with Gasteiger partial charge >= 0.3 is 235 Å². The van der Waals surface area contributed by atoms with Gasteiger partial charge in [0, 0.05) is 0 Å². The molecule has 5 fully saturated rings. The van der Waals surface area contributed by atoms with E-state index < -0.39 is 89.3 Å². The van der Waals surface area contributed by atoms with Gasteiger partial charge in [-0.15, -0.1) is 0 Å². The van der Waals surface area contributed by atoms with Gasteiger partial charge in [-0.2, -0.15) is 0 Å². The molecular formula is C8H12K2O16Sb2. The van der Waals surface area contributed by atoms with Crippen LogP contribution in [0, 0.1) is 0 Å². The SMILES string of the molecule is O.O.O.O.O=C1[O][Sb-]23[O]C(=O)C([O]2)C2[O][Sb-]4([O]C(=O)C([O]4)C1[O]3)[O]C2=O.[K+].[K+]. The summed E-state index contributed by atoms with van der Waals surface area (Å²) in [6.45, 7) is 0. The summed E-state index contributed by atoms with van der Waals surface area (Å²) in [5.74, 6) is -3.86. The van der Waals surface area contributed by atoms with E-state index in [2.05, 4.69) is 0 Å². The van der Waals surface area contributed by atoms with Gasteiger partial charge in [0.25, 0.3) is 0 Å². The van der Waals surface area contributed by atoms with Crippen LogP contribution in [0.2, 0.25) is 0 Å². The zero-order valence-electron chi connectivity index (χ0n) is 14.1. The van der Waals surface area contributed by atoms with Crippen molar-refractivity contribution in [2.45, 2.75) is 24.4 Å². The Balaban J connectivity index is 0. The molecule has 0 aliphatic carbocycles. The topological polar surface area (TPSA) is 268 Å². The first-order valence-corrected chi connectivity index (χ1v) is 14.2. The molecule has 4 atom stereocenters. The first-order chi connectivity index (χ1) is 10.4. The normalized spacial score (nSPS) is 44.9. The van der Waals surface area contributed by atoms with Gasteiger partial charge in [-0.3, -0.25) is 0 Å². The zero-order chi connectivity index (χ0) is 15.3. The fraction of sp³-hybridized carbons (Fsp3) is 0.500. The van der Waals surface area contributed by atoms with Crippen LogP contribution in [0.3, 0.4) is 0 Å². The Bertz CT molecular complexity index is 561. The zero-order valence-corrected chi connectivity index (χ0v) is 25.5. The largest absolute Gasteiger partial charge is 1.00 e. The molecule has 5 rings (SSSR count). The molecular weight excluding hydrogens is 674 g/mol. The van der Waals surface area contributed by atoms with Gasteiger partial charge in [-0.05, 0) is 0 Å². The van der Waals surface area contributed by atoms with Gasteiger partial charge in [0.05, 0.1) is 0 Å². The predicted octanol–water partition coefficient (Wildman–Crippen LogP) is -12.7. The molecule has 5 aliphatic rings. The molecule has 2 spiro atoms. The third-order valence-electron chi connectivity index (χ3n) is 3.26. The number of carbonyl (C=O) groups is 4. The van der Waals surface area contributed by atoms with E-state index in [4.69, 9.17) is 24.1 Å².